The van der Waals surface area contributed by atoms with E-state index in [4.69, 9.17) is 0 Å². The third-order valence-corrected chi connectivity index (χ3v) is 3.21. The maximum absolute atomic E-state index is 3.86. The molecule has 0 fully saturated rings. The molecule has 0 radical (unpaired) electrons. The number of unbranched alkanes of at least 4 members (excludes halogenated alkanes) is 3. The molecule has 1 rings (SSSR count). The van der Waals surface area contributed by atoms with Gasteiger partial charge in [0.15, 0.2) is 0 Å². The summed E-state index contributed by atoms with van der Waals surface area (Å²) in [6.45, 7) is 16.0. The van der Waals surface area contributed by atoms with Gasteiger partial charge in [0.1, 0.15) is 0 Å². The number of nitrogens with one attached hydrogen (secondary N) is 2. The fourth-order valence-electron chi connectivity index (χ4n) is 1.70. The zero-order valence-corrected chi connectivity index (χ0v) is 16.0. The van der Waals surface area contributed by atoms with E-state index in [2.05, 4.69) is 37.6 Å². The third kappa shape index (κ3) is 16.5. The van der Waals surface area contributed by atoms with E-state index in [9.17, 15) is 0 Å². The average Bonchev–Trinajstić information content (AvgIpc) is 2.61. The van der Waals surface area contributed by atoms with Crippen molar-refractivity contribution in [3.05, 3.63) is 54.9 Å². The van der Waals surface area contributed by atoms with Gasteiger partial charge in [0.2, 0.25) is 0 Å². The summed E-state index contributed by atoms with van der Waals surface area (Å²) < 4.78 is 0. The molecule has 0 aliphatic carbocycles. The highest BCUT2D eigenvalue weighted by molar-refractivity contribution is 5.46. The quantitative estimate of drug-likeness (QED) is 0.493. The van der Waals surface area contributed by atoms with E-state index in [0.29, 0.717) is 0 Å². The molecule has 1 aromatic rings. The number of hydrogen-bond donors (Lipinski definition) is 2. The van der Waals surface area contributed by atoms with Crippen molar-refractivity contribution in [2.75, 3.05) is 12.4 Å². The van der Waals surface area contributed by atoms with Crippen LogP contribution in [-0.4, -0.2) is 7.05 Å². The van der Waals surface area contributed by atoms with Crippen molar-refractivity contribution in [2.24, 2.45) is 0 Å². The lowest BCUT2D eigenvalue weighted by atomic mass is 10.1. The van der Waals surface area contributed by atoms with Crippen LogP contribution in [0.25, 0.3) is 0 Å². The first-order valence-corrected chi connectivity index (χ1v) is 8.99. The van der Waals surface area contributed by atoms with Gasteiger partial charge >= 0.3 is 0 Å². The lowest BCUT2D eigenvalue weighted by Crippen LogP contribution is -2.03. The largest absolute Gasteiger partial charge is 0.392 e. The van der Waals surface area contributed by atoms with Crippen LogP contribution in [-0.2, 0) is 0 Å². The van der Waals surface area contributed by atoms with Crippen molar-refractivity contribution in [1.82, 2.24) is 5.32 Å². The van der Waals surface area contributed by atoms with Gasteiger partial charge in [-0.3, -0.25) is 0 Å². The molecule has 132 valence electrons. The molecule has 0 aliphatic rings. The summed E-state index contributed by atoms with van der Waals surface area (Å²) in [6.07, 6.45) is 7.40. The Hall–Kier alpha value is -1.70. The Bertz CT molecular complexity index is 382. The van der Waals surface area contributed by atoms with Crippen LogP contribution in [0.2, 0.25) is 0 Å². The Labute approximate surface area is 145 Å². The smallest absolute Gasteiger partial charge is 0.0381 e. The Morgan fingerprint density at radius 2 is 1.52 bits per heavy atom. The standard InChI is InChI=1S/C10H13N.C9H19N.C2H6/c1-3-9(2)11-10-7-5-4-6-8-10;1-4-5-6-7-8-9(2)10-3;1-2/h4-8,11H,2-3H2,1H3;10H,2,4-8H2,1,3H3;1-2H3. The minimum atomic E-state index is 0.967. The Kier molecular flexibility index (Phi) is 18.8. The summed E-state index contributed by atoms with van der Waals surface area (Å²) in [5.41, 5.74) is 3.33. The van der Waals surface area contributed by atoms with Crippen molar-refractivity contribution in [1.29, 1.82) is 0 Å². The molecule has 0 aliphatic heterocycles. The van der Waals surface area contributed by atoms with Gasteiger partial charge in [0.25, 0.3) is 0 Å². The number of hydrogen-bond acceptors (Lipinski definition) is 2. The van der Waals surface area contributed by atoms with Crippen LogP contribution in [0.3, 0.4) is 0 Å². The highest BCUT2D eigenvalue weighted by Gasteiger charge is 1.90. The van der Waals surface area contributed by atoms with Gasteiger partial charge in [-0.2, -0.15) is 0 Å². The number of rotatable bonds is 9. The van der Waals surface area contributed by atoms with Crippen LogP contribution < -0.4 is 10.6 Å². The van der Waals surface area contributed by atoms with Gasteiger partial charge in [0.05, 0.1) is 0 Å². The third-order valence-electron chi connectivity index (χ3n) is 3.21. The zero-order valence-electron chi connectivity index (χ0n) is 16.0. The van der Waals surface area contributed by atoms with E-state index in [1.807, 2.05) is 51.2 Å². The van der Waals surface area contributed by atoms with Crippen LogP contribution in [0.5, 0.6) is 0 Å². The predicted octanol–water partition coefficient (Wildman–Crippen LogP) is 6.74. The lowest BCUT2D eigenvalue weighted by Gasteiger charge is -2.05. The second kappa shape index (κ2) is 18.3. The molecule has 0 spiro atoms. The maximum Gasteiger partial charge on any atom is 0.0381 e. The molecule has 0 aromatic heterocycles. The van der Waals surface area contributed by atoms with Crippen LogP contribution in [0.1, 0.15) is 66.2 Å². The van der Waals surface area contributed by atoms with E-state index in [1.54, 1.807) is 0 Å². The second-order valence-corrected chi connectivity index (χ2v) is 5.11. The highest BCUT2D eigenvalue weighted by Crippen LogP contribution is 2.09. The Morgan fingerprint density at radius 3 is 2.00 bits per heavy atom. The molecule has 0 saturated carbocycles. The molecular weight excluding hydrogens is 280 g/mol. The molecule has 0 bridgehead atoms. The van der Waals surface area contributed by atoms with Gasteiger partial charge in [-0.15, -0.1) is 0 Å². The molecule has 2 heteroatoms. The number of allylic oxidation sites excluding steroid dienone is 2. The summed E-state index contributed by atoms with van der Waals surface area (Å²) in [5.74, 6) is 0. The van der Waals surface area contributed by atoms with Crippen LogP contribution in [0.15, 0.2) is 54.9 Å². The van der Waals surface area contributed by atoms with E-state index in [1.165, 1.54) is 25.7 Å². The van der Waals surface area contributed by atoms with E-state index >= 15 is 0 Å². The fourth-order valence-corrected chi connectivity index (χ4v) is 1.70. The number of anilines is 1. The van der Waals surface area contributed by atoms with E-state index in [0.717, 1.165) is 29.9 Å². The minimum absolute atomic E-state index is 0.967. The van der Waals surface area contributed by atoms with Gasteiger partial charge in [-0.05, 0) is 31.4 Å². The summed E-state index contributed by atoms with van der Waals surface area (Å²) >= 11 is 0. The first-order valence-electron chi connectivity index (χ1n) is 8.99. The molecule has 0 heterocycles. The molecular formula is C21H38N2. The zero-order chi connectivity index (χ0) is 17.9. The number of para-hydroxylation sites is 1. The first kappa shape index (κ1) is 23.6. The molecule has 0 unspecified atom stereocenters. The molecule has 23 heavy (non-hydrogen) atoms. The van der Waals surface area contributed by atoms with Crippen molar-refractivity contribution in [3.8, 4) is 0 Å². The van der Waals surface area contributed by atoms with Crippen LogP contribution in [0.4, 0.5) is 5.69 Å². The monoisotopic (exact) mass is 318 g/mol. The maximum atomic E-state index is 3.86. The van der Waals surface area contributed by atoms with Gasteiger partial charge in [-0.1, -0.05) is 78.3 Å². The molecule has 2 N–H and O–H groups in total. The molecule has 2 nitrogen and oxygen atoms in total. The summed E-state index contributed by atoms with van der Waals surface area (Å²) in [5, 5.41) is 6.24. The van der Waals surface area contributed by atoms with Crippen LogP contribution >= 0.6 is 0 Å². The topological polar surface area (TPSA) is 24.1 Å². The second-order valence-electron chi connectivity index (χ2n) is 5.11. The van der Waals surface area contributed by atoms with Crippen molar-refractivity contribution >= 4 is 5.69 Å². The fraction of sp³-hybridized carbons (Fsp3) is 0.524. The van der Waals surface area contributed by atoms with Gasteiger partial charge < -0.3 is 10.6 Å². The summed E-state index contributed by atoms with van der Waals surface area (Å²) in [6, 6.07) is 10.1. The normalized spacial score (nSPS) is 8.74. The van der Waals surface area contributed by atoms with Crippen molar-refractivity contribution in [2.45, 2.75) is 66.2 Å². The Balaban J connectivity index is 0. The number of benzene rings is 1. The van der Waals surface area contributed by atoms with E-state index < -0.39 is 0 Å². The lowest BCUT2D eigenvalue weighted by molar-refractivity contribution is 0.651. The predicted molar refractivity (Wildman–Crippen MR) is 108 cm³/mol. The van der Waals surface area contributed by atoms with Crippen molar-refractivity contribution in [3.63, 3.8) is 0 Å². The average molecular weight is 319 g/mol. The van der Waals surface area contributed by atoms with Crippen molar-refractivity contribution < 1.29 is 0 Å². The Morgan fingerprint density at radius 1 is 0.913 bits per heavy atom. The highest BCUT2D eigenvalue weighted by atomic mass is 14.9. The van der Waals surface area contributed by atoms with Crippen LogP contribution in [0, 0.1) is 0 Å². The first-order chi connectivity index (χ1) is 11.1. The minimum Gasteiger partial charge on any atom is -0.392 e. The summed E-state index contributed by atoms with van der Waals surface area (Å²) in [7, 11) is 1.93. The van der Waals surface area contributed by atoms with E-state index in [-0.39, 0.29) is 0 Å². The molecule has 1 aromatic carbocycles. The molecule has 0 atom stereocenters. The SMILES string of the molecule is C=C(CC)Nc1ccccc1.C=C(CCCCCC)NC.CC. The molecule has 0 saturated heterocycles. The summed E-state index contributed by atoms with van der Waals surface area (Å²) in [4.78, 5) is 0. The van der Waals surface area contributed by atoms with Gasteiger partial charge in [-0.25, -0.2) is 0 Å². The molecule has 0 amide bonds. The van der Waals surface area contributed by atoms with Gasteiger partial charge in [0, 0.05) is 24.1 Å².